The van der Waals surface area contributed by atoms with Crippen LogP contribution < -0.4 is 16.4 Å². The SMILES string of the molecule is NC(=O)CNc1cc(NC(=O)CN2CCN(CC=Cc3ccccc3)CC2)nc(-c2ccccc2)n1. The average molecular weight is 486 g/mol. The smallest absolute Gasteiger partial charge is 0.239 e. The third-order valence-corrected chi connectivity index (χ3v) is 5.77. The van der Waals surface area contributed by atoms with E-state index < -0.39 is 5.91 Å². The van der Waals surface area contributed by atoms with Gasteiger partial charge in [0.05, 0.1) is 13.1 Å². The Bertz CT molecular complexity index is 1180. The molecule has 4 rings (SSSR count). The summed E-state index contributed by atoms with van der Waals surface area (Å²) < 4.78 is 0. The van der Waals surface area contributed by atoms with Crippen molar-refractivity contribution in [3.8, 4) is 11.4 Å². The monoisotopic (exact) mass is 485 g/mol. The summed E-state index contributed by atoms with van der Waals surface area (Å²) in [7, 11) is 0. The van der Waals surface area contributed by atoms with E-state index in [2.05, 4.69) is 54.7 Å². The number of anilines is 2. The molecule has 1 aliphatic rings. The van der Waals surface area contributed by atoms with Crippen LogP contribution in [0.25, 0.3) is 17.5 Å². The van der Waals surface area contributed by atoms with Crippen molar-refractivity contribution in [3.63, 3.8) is 0 Å². The van der Waals surface area contributed by atoms with Crippen LogP contribution in [0.5, 0.6) is 0 Å². The molecule has 0 aliphatic carbocycles. The number of carbonyl (C=O) groups is 2. The summed E-state index contributed by atoms with van der Waals surface area (Å²) in [5.41, 5.74) is 7.24. The predicted molar refractivity (Wildman–Crippen MR) is 142 cm³/mol. The fraction of sp³-hybridized carbons (Fsp3) is 0.259. The predicted octanol–water partition coefficient (Wildman–Crippen LogP) is 2.31. The van der Waals surface area contributed by atoms with Crippen molar-refractivity contribution in [2.75, 3.05) is 56.4 Å². The van der Waals surface area contributed by atoms with Crippen LogP contribution in [0.2, 0.25) is 0 Å². The molecule has 0 spiro atoms. The number of nitrogens with zero attached hydrogens (tertiary/aromatic N) is 4. The first-order valence-corrected chi connectivity index (χ1v) is 12.0. The molecular weight excluding hydrogens is 454 g/mol. The van der Waals surface area contributed by atoms with Gasteiger partial charge in [0, 0.05) is 44.4 Å². The maximum atomic E-state index is 12.8. The fourth-order valence-corrected chi connectivity index (χ4v) is 3.91. The summed E-state index contributed by atoms with van der Waals surface area (Å²) in [5, 5.41) is 5.76. The minimum atomic E-state index is -0.504. The molecular formula is C27H31N7O2. The van der Waals surface area contributed by atoms with Crippen LogP contribution in [-0.2, 0) is 9.59 Å². The number of hydrogen-bond acceptors (Lipinski definition) is 7. The lowest BCUT2D eigenvalue weighted by molar-refractivity contribution is -0.118. The van der Waals surface area contributed by atoms with Crippen LogP contribution in [0.4, 0.5) is 11.6 Å². The quantitative estimate of drug-likeness (QED) is 0.403. The lowest BCUT2D eigenvalue weighted by Crippen LogP contribution is -2.48. The maximum Gasteiger partial charge on any atom is 0.239 e. The summed E-state index contributed by atoms with van der Waals surface area (Å²) in [6.45, 7) is 4.54. The molecule has 2 heterocycles. The maximum absolute atomic E-state index is 12.8. The minimum absolute atomic E-state index is 0.0660. The second-order valence-corrected chi connectivity index (χ2v) is 8.59. The number of hydrogen-bond donors (Lipinski definition) is 3. The normalized spacial score (nSPS) is 14.6. The zero-order chi connectivity index (χ0) is 25.2. The molecule has 0 atom stereocenters. The van der Waals surface area contributed by atoms with Crippen molar-refractivity contribution in [2.24, 2.45) is 5.73 Å². The Morgan fingerprint density at radius 2 is 1.53 bits per heavy atom. The first-order chi connectivity index (χ1) is 17.5. The number of amides is 2. The molecule has 36 heavy (non-hydrogen) atoms. The largest absolute Gasteiger partial charge is 0.368 e. The second-order valence-electron chi connectivity index (χ2n) is 8.59. The molecule has 2 aromatic carbocycles. The molecule has 3 aromatic rings. The van der Waals surface area contributed by atoms with Gasteiger partial charge in [0.2, 0.25) is 11.8 Å². The third-order valence-electron chi connectivity index (χ3n) is 5.77. The molecule has 9 heteroatoms. The Morgan fingerprint density at radius 3 is 2.22 bits per heavy atom. The van der Waals surface area contributed by atoms with E-state index in [-0.39, 0.29) is 19.0 Å². The summed E-state index contributed by atoms with van der Waals surface area (Å²) in [4.78, 5) is 37.4. The molecule has 186 valence electrons. The molecule has 1 saturated heterocycles. The van der Waals surface area contributed by atoms with E-state index in [4.69, 9.17) is 5.73 Å². The van der Waals surface area contributed by atoms with E-state index in [1.165, 1.54) is 5.56 Å². The Hall–Kier alpha value is -4.08. The van der Waals surface area contributed by atoms with E-state index in [9.17, 15) is 9.59 Å². The van der Waals surface area contributed by atoms with Gasteiger partial charge in [-0.3, -0.25) is 19.4 Å². The topological polar surface area (TPSA) is 116 Å². The second kappa shape index (κ2) is 12.6. The van der Waals surface area contributed by atoms with Crippen LogP contribution >= 0.6 is 0 Å². The number of carbonyl (C=O) groups excluding carboxylic acids is 2. The Balaban J connectivity index is 1.30. The molecule has 1 aliphatic heterocycles. The molecule has 0 bridgehead atoms. The lowest BCUT2D eigenvalue weighted by Gasteiger charge is -2.33. The van der Waals surface area contributed by atoms with Crippen molar-refractivity contribution in [1.29, 1.82) is 0 Å². The van der Waals surface area contributed by atoms with Crippen molar-refractivity contribution >= 4 is 29.5 Å². The van der Waals surface area contributed by atoms with E-state index in [0.29, 0.717) is 17.5 Å². The van der Waals surface area contributed by atoms with Crippen LogP contribution in [0.15, 0.2) is 72.8 Å². The molecule has 0 radical (unpaired) electrons. The van der Waals surface area contributed by atoms with Gasteiger partial charge in [0.1, 0.15) is 11.6 Å². The van der Waals surface area contributed by atoms with Gasteiger partial charge in [-0.15, -0.1) is 0 Å². The van der Waals surface area contributed by atoms with E-state index in [1.807, 2.05) is 48.5 Å². The van der Waals surface area contributed by atoms with E-state index in [1.54, 1.807) is 6.07 Å². The highest BCUT2D eigenvalue weighted by atomic mass is 16.2. The highest BCUT2D eigenvalue weighted by Gasteiger charge is 2.19. The first kappa shape index (κ1) is 25.0. The number of primary amides is 1. The van der Waals surface area contributed by atoms with Gasteiger partial charge in [0.15, 0.2) is 5.82 Å². The standard InChI is InChI=1S/C27H31N7O2/c28-23(35)19-29-24-18-25(32-27(31-24)22-11-5-2-6-12-22)30-26(36)20-34-16-14-33(15-17-34)13-7-10-21-8-3-1-4-9-21/h1-12,18H,13-17,19-20H2,(H2,28,35)(H2,29,30,31,32,36). The molecule has 9 nitrogen and oxygen atoms in total. The Morgan fingerprint density at radius 1 is 0.889 bits per heavy atom. The van der Waals surface area contributed by atoms with Gasteiger partial charge >= 0.3 is 0 Å². The molecule has 1 aromatic heterocycles. The van der Waals surface area contributed by atoms with Gasteiger partial charge in [-0.25, -0.2) is 9.97 Å². The van der Waals surface area contributed by atoms with Crippen LogP contribution in [0.1, 0.15) is 5.56 Å². The molecule has 2 amide bonds. The number of benzene rings is 2. The zero-order valence-corrected chi connectivity index (χ0v) is 20.1. The minimum Gasteiger partial charge on any atom is -0.368 e. The molecule has 1 fully saturated rings. The Labute approximate surface area is 211 Å². The summed E-state index contributed by atoms with van der Waals surface area (Å²) in [5.74, 6) is 0.569. The number of piperazine rings is 1. The zero-order valence-electron chi connectivity index (χ0n) is 20.1. The summed E-state index contributed by atoms with van der Waals surface area (Å²) in [6.07, 6.45) is 4.32. The number of nitrogens with one attached hydrogen (secondary N) is 2. The highest BCUT2D eigenvalue weighted by Crippen LogP contribution is 2.20. The van der Waals surface area contributed by atoms with Crippen molar-refractivity contribution in [1.82, 2.24) is 19.8 Å². The van der Waals surface area contributed by atoms with Crippen molar-refractivity contribution < 1.29 is 9.59 Å². The average Bonchev–Trinajstić information content (AvgIpc) is 2.89. The number of rotatable bonds is 10. The van der Waals surface area contributed by atoms with Gasteiger partial charge in [0.25, 0.3) is 0 Å². The van der Waals surface area contributed by atoms with E-state index in [0.717, 1.165) is 38.3 Å². The highest BCUT2D eigenvalue weighted by molar-refractivity contribution is 5.92. The van der Waals surface area contributed by atoms with Crippen LogP contribution in [-0.4, -0.2) is 77.4 Å². The van der Waals surface area contributed by atoms with Gasteiger partial charge in [-0.2, -0.15) is 0 Å². The van der Waals surface area contributed by atoms with Crippen LogP contribution in [0.3, 0.4) is 0 Å². The number of nitrogens with two attached hydrogens (primary N) is 1. The summed E-state index contributed by atoms with van der Waals surface area (Å²) in [6, 6.07) is 21.3. The molecule has 4 N–H and O–H groups in total. The summed E-state index contributed by atoms with van der Waals surface area (Å²) >= 11 is 0. The fourth-order valence-electron chi connectivity index (χ4n) is 3.91. The third kappa shape index (κ3) is 7.72. The molecule has 0 saturated carbocycles. The first-order valence-electron chi connectivity index (χ1n) is 12.0. The van der Waals surface area contributed by atoms with Gasteiger partial charge < -0.3 is 16.4 Å². The Kier molecular flexibility index (Phi) is 8.74. The van der Waals surface area contributed by atoms with Gasteiger partial charge in [-0.05, 0) is 5.56 Å². The van der Waals surface area contributed by atoms with Gasteiger partial charge in [-0.1, -0.05) is 72.8 Å². The van der Waals surface area contributed by atoms with Crippen molar-refractivity contribution in [3.05, 3.63) is 78.4 Å². The lowest BCUT2D eigenvalue weighted by atomic mass is 10.2. The van der Waals surface area contributed by atoms with E-state index >= 15 is 0 Å². The number of aromatic nitrogens is 2. The van der Waals surface area contributed by atoms with Crippen molar-refractivity contribution in [2.45, 2.75) is 0 Å². The van der Waals surface area contributed by atoms with Crippen LogP contribution in [0, 0.1) is 0 Å². The molecule has 0 unspecified atom stereocenters.